The summed E-state index contributed by atoms with van der Waals surface area (Å²) in [5.74, 6) is 0. The Labute approximate surface area is 83.5 Å². The number of amides is 2. The summed E-state index contributed by atoms with van der Waals surface area (Å²) in [6.07, 6.45) is 2.98. The molecule has 0 saturated carbocycles. The van der Waals surface area contributed by atoms with Crippen LogP contribution < -0.4 is 10.5 Å². The summed E-state index contributed by atoms with van der Waals surface area (Å²) >= 11 is 0. The molecule has 1 heterocycles. The monoisotopic (exact) mass is 221 g/mol. The molecule has 6 nitrogen and oxygen atoms in total. The summed E-state index contributed by atoms with van der Waals surface area (Å²) in [5, 5.41) is 0. The largest absolute Gasteiger partial charge is 0.351 e. The fourth-order valence-corrected chi connectivity index (χ4v) is 2.30. The molecule has 0 aliphatic carbocycles. The summed E-state index contributed by atoms with van der Waals surface area (Å²) < 4.78 is 24.3. The average molecular weight is 221 g/mol. The Morgan fingerprint density at radius 1 is 1.50 bits per heavy atom. The van der Waals surface area contributed by atoms with E-state index >= 15 is 0 Å². The standard InChI is InChI=1S/C7H15N3O3S/c1-14(12,13)9-6-4-2-3-5-10(6)7(8)11/h6,9H,2-5H2,1H3,(H2,8,11). The Hall–Kier alpha value is -0.820. The lowest BCUT2D eigenvalue weighted by atomic mass is 10.1. The molecule has 0 aromatic carbocycles. The van der Waals surface area contributed by atoms with E-state index in [1.807, 2.05) is 0 Å². The number of sulfonamides is 1. The zero-order valence-electron chi connectivity index (χ0n) is 8.06. The second-order valence-corrected chi connectivity index (χ2v) is 5.21. The van der Waals surface area contributed by atoms with Crippen molar-refractivity contribution in [2.75, 3.05) is 12.8 Å². The summed E-state index contributed by atoms with van der Waals surface area (Å²) in [6, 6.07) is -0.578. The lowest BCUT2D eigenvalue weighted by Crippen LogP contribution is -2.54. The van der Waals surface area contributed by atoms with Crippen molar-refractivity contribution < 1.29 is 13.2 Å². The van der Waals surface area contributed by atoms with Gasteiger partial charge in [-0.15, -0.1) is 0 Å². The summed E-state index contributed by atoms with van der Waals surface area (Å²) in [7, 11) is -3.29. The first kappa shape index (κ1) is 11.3. The average Bonchev–Trinajstić information content (AvgIpc) is 2.01. The third-order valence-electron chi connectivity index (χ3n) is 2.14. The van der Waals surface area contributed by atoms with Gasteiger partial charge in [-0.05, 0) is 19.3 Å². The lowest BCUT2D eigenvalue weighted by molar-refractivity contribution is 0.154. The van der Waals surface area contributed by atoms with E-state index in [0.717, 1.165) is 19.1 Å². The first-order valence-electron chi connectivity index (χ1n) is 4.43. The van der Waals surface area contributed by atoms with Crippen LogP contribution >= 0.6 is 0 Å². The lowest BCUT2D eigenvalue weighted by Gasteiger charge is -2.34. The highest BCUT2D eigenvalue weighted by molar-refractivity contribution is 7.88. The Kier molecular flexibility index (Phi) is 3.33. The van der Waals surface area contributed by atoms with Gasteiger partial charge in [0, 0.05) is 6.54 Å². The maximum atomic E-state index is 11.0. The number of piperidine rings is 1. The normalized spacial score (nSPS) is 23.5. The van der Waals surface area contributed by atoms with Crippen LogP contribution in [0.4, 0.5) is 4.79 Å². The number of rotatable bonds is 2. The van der Waals surface area contributed by atoms with E-state index in [-0.39, 0.29) is 0 Å². The number of hydrogen-bond acceptors (Lipinski definition) is 3. The van der Waals surface area contributed by atoms with Gasteiger partial charge in [0.2, 0.25) is 10.0 Å². The van der Waals surface area contributed by atoms with Gasteiger partial charge in [0.25, 0.3) is 0 Å². The van der Waals surface area contributed by atoms with Gasteiger partial charge < -0.3 is 10.6 Å². The third-order valence-corrected chi connectivity index (χ3v) is 2.84. The van der Waals surface area contributed by atoms with Gasteiger partial charge in [-0.3, -0.25) is 0 Å². The fourth-order valence-electron chi connectivity index (χ4n) is 1.56. The minimum absolute atomic E-state index is 0.476. The highest BCUT2D eigenvalue weighted by Gasteiger charge is 2.26. The van der Waals surface area contributed by atoms with Crippen LogP contribution in [0, 0.1) is 0 Å². The third kappa shape index (κ3) is 3.15. The van der Waals surface area contributed by atoms with Crippen LogP contribution in [0.25, 0.3) is 0 Å². The quantitative estimate of drug-likeness (QED) is 0.653. The zero-order valence-corrected chi connectivity index (χ0v) is 8.88. The number of urea groups is 1. The van der Waals surface area contributed by atoms with Gasteiger partial charge >= 0.3 is 6.03 Å². The van der Waals surface area contributed by atoms with Gasteiger partial charge in [0.05, 0.1) is 12.4 Å². The molecule has 2 amide bonds. The first-order chi connectivity index (χ1) is 6.40. The molecular weight excluding hydrogens is 206 g/mol. The minimum Gasteiger partial charge on any atom is -0.351 e. The molecule has 3 N–H and O–H groups in total. The molecule has 1 aliphatic heterocycles. The molecule has 0 bridgehead atoms. The van der Waals surface area contributed by atoms with Crippen LogP contribution in [-0.2, 0) is 10.0 Å². The molecule has 1 fully saturated rings. The maximum absolute atomic E-state index is 11.0. The number of nitrogens with zero attached hydrogens (tertiary/aromatic N) is 1. The second kappa shape index (κ2) is 4.14. The molecule has 0 radical (unpaired) electrons. The Bertz CT molecular complexity index is 314. The molecule has 7 heteroatoms. The molecule has 0 aromatic rings. The van der Waals surface area contributed by atoms with E-state index in [4.69, 9.17) is 5.73 Å². The van der Waals surface area contributed by atoms with Crippen molar-refractivity contribution >= 4 is 16.1 Å². The van der Waals surface area contributed by atoms with Crippen molar-refractivity contribution in [2.45, 2.75) is 25.4 Å². The molecule has 1 atom stereocenters. The molecule has 14 heavy (non-hydrogen) atoms. The van der Waals surface area contributed by atoms with Crippen LogP contribution in [0.1, 0.15) is 19.3 Å². The molecule has 1 unspecified atom stereocenters. The topological polar surface area (TPSA) is 92.5 Å². The molecule has 0 aromatic heterocycles. The van der Waals surface area contributed by atoms with Crippen LogP contribution in [0.15, 0.2) is 0 Å². The molecule has 1 aliphatic rings. The molecule has 82 valence electrons. The predicted octanol–water partition coefficient (Wildman–Crippen LogP) is -0.574. The smallest absolute Gasteiger partial charge is 0.316 e. The molecule has 0 spiro atoms. The SMILES string of the molecule is CS(=O)(=O)NC1CCCCN1C(N)=O. The second-order valence-electron chi connectivity index (χ2n) is 3.43. The van der Waals surface area contributed by atoms with Crippen molar-refractivity contribution in [1.29, 1.82) is 0 Å². The zero-order chi connectivity index (χ0) is 10.8. The maximum Gasteiger partial charge on any atom is 0.316 e. The van der Waals surface area contributed by atoms with Crippen molar-refractivity contribution in [1.82, 2.24) is 9.62 Å². The summed E-state index contributed by atoms with van der Waals surface area (Å²) in [5.41, 5.74) is 5.13. The Morgan fingerprint density at radius 3 is 2.64 bits per heavy atom. The van der Waals surface area contributed by atoms with Crippen molar-refractivity contribution in [3.63, 3.8) is 0 Å². The van der Waals surface area contributed by atoms with Crippen molar-refractivity contribution in [3.05, 3.63) is 0 Å². The number of nitrogens with two attached hydrogens (primary N) is 1. The first-order valence-corrected chi connectivity index (χ1v) is 6.32. The molecule has 1 rings (SSSR count). The fraction of sp³-hybridized carbons (Fsp3) is 0.857. The predicted molar refractivity (Wildman–Crippen MR) is 51.9 cm³/mol. The Balaban J connectivity index is 2.68. The molecule has 1 saturated heterocycles. The van der Waals surface area contributed by atoms with Crippen LogP contribution in [0.3, 0.4) is 0 Å². The van der Waals surface area contributed by atoms with E-state index in [1.165, 1.54) is 4.90 Å². The summed E-state index contributed by atoms with van der Waals surface area (Å²) in [6.45, 7) is 0.516. The van der Waals surface area contributed by atoms with E-state index in [1.54, 1.807) is 0 Å². The van der Waals surface area contributed by atoms with Crippen molar-refractivity contribution in [2.24, 2.45) is 5.73 Å². The van der Waals surface area contributed by atoms with Gasteiger partial charge in [-0.1, -0.05) is 0 Å². The molecular formula is C7H15N3O3S. The highest BCUT2D eigenvalue weighted by atomic mass is 32.2. The van der Waals surface area contributed by atoms with E-state index in [9.17, 15) is 13.2 Å². The number of nitrogens with one attached hydrogen (secondary N) is 1. The van der Waals surface area contributed by atoms with Gasteiger partial charge in [-0.25, -0.2) is 13.2 Å². The summed E-state index contributed by atoms with van der Waals surface area (Å²) in [4.78, 5) is 12.3. The van der Waals surface area contributed by atoms with Gasteiger partial charge in [-0.2, -0.15) is 4.72 Å². The highest BCUT2D eigenvalue weighted by Crippen LogP contribution is 2.14. The number of likely N-dealkylation sites (tertiary alicyclic amines) is 1. The number of carbonyl (C=O) groups is 1. The number of primary amides is 1. The minimum atomic E-state index is -3.29. The van der Waals surface area contributed by atoms with E-state index in [0.29, 0.717) is 13.0 Å². The van der Waals surface area contributed by atoms with Gasteiger partial charge in [0.15, 0.2) is 0 Å². The van der Waals surface area contributed by atoms with E-state index in [2.05, 4.69) is 4.72 Å². The number of hydrogen-bond donors (Lipinski definition) is 2. The number of carbonyl (C=O) groups excluding carboxylic acids is 1. The van der Waals surface area contributed by atoms with E-state index < -0.39 is 22.2 Å². The van der Waals surface area contributed by atoms with Crippen LogP contribution in [0.2, 0.25) is 0 Å². The van der Waals surface area contributed by atoms with Crippen LogP contribution in [-0.4, -0.2) is 38.3 Å². The van der Waals surface area contributed by atoms with Gasteiger partial charge in [0.1, 0.15) is 0 Å². The van der Waals surface area contributed by atoms with Crippen molar-refractivity contribution in [3.8, 4) is 0 Å². The Morgan fingerprint density at radius 2 is 2.14 bits per heavy atom. The van der Waals surface area contributed by atoms with Crippen LogP contribution in [0.5, 0.6) is 0 Å².